The summed E-state index contributed by atoms with van der Waals surface area (Å²) >= 11 is 0. The van der Waals surface area contributed by atoms with Crippen molar-refractivity contribution in [3.05, 3.63) is 60.2 Å². The lowest BCUT2D eigenvalue weighted by atomic mass is 10.0. The molecular formula is C21H21N3O5. The van der Waals surface area contributed by atoms with Crippen LogP contribution >= 0.6 is 0 Å². The van der Waals surface area contributed by atoms with Crippen molar-refractivity contribution in [2.24, 2.45) is 0 Å². The zero-order valence-electron chi connectivity index (χ0n) is 15.8. The fourth-order valence-corrected chi connectivity index (χ4v) is 3.56. The van der Waals surface area contributed by atoms with Crippen molar-refractivity contribution in [1.29, 1.82) is 0 Å². The van der Waals surface area contributed by atoms with Crippen LogP contribution in [0.5, 0.6) is 11.5 Å². The molecule has 0 atom stereocenters. The van der Waals surface area contributed by atoms with Gasteiger partial charge in [-0.05, 0) is 24.3 Å². The molecule has 4 rings (SSSR count). The fraction of sp³-hybridized carbons (Fsp3) is 0.238. The lowest BCUT2D eigenvalue weighted by Crippen LogP contribution is -2.49. The van der Waals surface area contributed by atoms with Crippen molar-refractivity contribution >= 4 is 23.1 Å². The van der Waals surface area contributed by atoms with Gasteiger partial charge in [0.15, 0.2) is 11.5 Å². The first-order valence-corrected chi connectivity index (χ1v) is 9.25. The first kappa shape index (κ1) is 18.8. The highest BCUT2D eigenvalue weighted by molar-refractivity contribution is 6.19. The summed E-state index contributed by atoms with van der Waals surface area (Å²) in [7, 11) is 0. The Labute approximate surface area is 167 Å². The van der Waals surface area contributed by atoms with Gasteiger partial charge in [-0.3, -0.25) is 14.8 Å². The van der Waals surface area contributed by atoms with Crippen LogP contribution in [0, 0.1) is 0 Å². The molecule has 1 saturated heterocycles. The van der Waals surface area contributed by atoms with E-state index in [4.69, 9.17) is 14.7 Å². The number of hydroxylamine groups is 1. The van der Waals surface area contributed by atoms with E-state index in [1.807, 2.05) is 18.2 Å². The molecule has 150 valence electrons. The fourth-order valence-electron chi connectivity index (χ4n) is 3.56. The van der Waals surface area contributed by atoms with E-state index >= 15 is 0 Å². The summed E-state index contributed by atoms with van der Waals surface area (Å²) < 4.78 is 10.6. The number of benzene rings is 2. The summed E-state index contributed by atoms with van der Waals surface area (Å²) in [5.74, 6) is 0.536. The largest absolute Gasteiger partial charge is 0.454 e. The monoisotopic (exact) mass is 395 g/mol. The zero-order chi connectivity index (χ0) is 20.4. The van der Waals surface area contributed by atoms with Crippen LogP contribution < -0.4 is 19.9 Å². The molecule has 0 unspecified atom stereocenters. The van der Waals surface area contributed by atoms with E-state index in [9.17, 15) is 9.59 Å². The highest BCUT2D eigenvalue weighted by atomic mass is 16.7. The first-order chi connectivity index (χ1) is 14.1. The third-order valence-electron chi connectivity index (χ3n) is 5.13. The molecule has 2 heterocycles. The molecule has 29 heavy (non-hydrogen) atoms. The average Bonchev–Trinajstić information content (AvgIpc) is 3.25. The topological polar surface area (TPSA) is 91.3 Å². The Morgan fingerprint density at radius 2 is 1.72 bits per heavy atom. The molecule has 1 fully saturated rings. The van der Waals surface area contributed by atoms with E-state index in [-0.39, 0.29) is 18.3 Å². The Hall–Kier alpha value is -3.52. The number of hydrogen-bond acceptors (Lipinski definition) is 6. The Morgan fingerprint density at radius 1 is 1.00 bits per heavy atom. The van der Waals surface area contributed by atoms with Crippen molar-refractivity contribution in [1.82, 2.24) is 10.4 Å². The van der Waals surface area contributed by atoms with E-state index < -0.39 is 5.91 Å². The summed E-state index contributed by atoms with van der Waals surface area (Å²) in [4.78, 5) is 28.5. The van der Waals surface area contributed by atoms with E-state index in [2.05, 4.69) is 11.5 Å². The van der Waals surface area contributed by atoms with Crippen LogP contribution in [0.15, 0.2) is 49.0 Å². The van der Waals surface area contributed by atoms with Crippen molar-refractivity contribution in [2.45, 2.75) is 0 Å². The Balaban J connectivity index is 1.46. The second-order valence-electron chi connectivity index (χ2n) is 6.78. The lowest BCUT2D eigenvalue weighted by Gasteiger charge is -2.37. The second kappa shape index (κ2) is 7.84. The average molecular weight is 395 g/mol. The Bertz CT molecular complexity index is 967. The number of rotatable bonds is 4. The molecule has 2 N–H and O–H groups in total. The van der Waals surface area contributed by atoms with Crippen LogP contribution in [0.1, 0.15) is 15.9 Å². The molecule has 0 aromatic heterocycles. The highest BCUT2D eigenvalue weighted by Crippen LogP contribution is 2.33. The van der Waals surface area contributed by atoms with Crippen LogP contribution in [0.25, 0.3) is 5.57 Å². The molecule has 8 nitrogen and oxygen atoms in total. The van der Waals surface area contributed by atoms with Crippen LogP contribution in [0.2, 0.25) is 0 Å². The standard InChI is InChI=1S/C21H21N3O5/c1-14(20(25)22-27)16-4-2-3-5-17(16)23-8-10-24(11-9-23)21(26)15-6-7-18-19(12-15)29-13-28-18/h2-7,12,27H,1,8-11,13H2,(H,22,25). The van der Waals surface area contributed by atoms with Crippen LogP contribution in [-0.2, 0) is 4.79 Å². The predicted molar refractivity (Wildman–Crippen MR) is 106 cm³/mol. The predicted octanol–water partition coefficient (Wildman–Crippen LogP) is 1.90. The minimum atomic E-state index is -0.644. The van der Waals surface area contributed by atoms with E-state index in [1.165, 1.54) is 0 Å². The van der Waals surface area contributed by atoms with Gasteiger partial charge in [-0.15, -0.1) is 0 Å². The minimum absolute atomic E-state index is 0.0553. The molecule has 2 aliphatic heterocycles. The number of ether oxygens (including phenoxy) is 2. The summed E-state index contributed by atoms with van der Waals surface area (Å²) in [6.45, 7) is 6.26. The van der Waals surface area contributed by atoms with Gasteiger partial charge in [-0.1, -0.05) is 24.8 Å². The molecule has 0 aliphatic carbocycles. The number of anilines is 1. The summed E-state index contributed by atoms with van der Waals surface area (Å²) in [5.41, 5.74) is 3.86. The minimum Gasteiger partial charge on any atom is -0.454 e. The maximum absolute atomic E-state index is 12.9. The first-order valence-electron chi connectivity index (χ1n) is 9.25. The normalized spacial score (nSPS) is 15.2. The van der Waals surface area contributed by atoms with Gasteiger partial charge in [0.05, 0.1) is 0 Å². The molecule has 0 bridgehead atoms. The number of carbonyl (C=O) groups is 2. The van der Waals surface area contributed by atoms with Gasteiger partial charge in [0, 0.05) is 48.6 Å². The second-order valence-corrected chi connectivity index (χ2v) is 6.78. The van der Waals surface area contributed by atoms with Crippen LogP contribution in [-0.4, -0.2) is 54.9 Å². The van der Waals surface area contributed by atoms with Crippen LogP contribution in [0.3, 0.4) is 0 Å². The number of nitrogens with one attached hydrogen (secondary N) is 1. The number of piperazine rings is 1. The molecule has 0 saturated carbocycles. The van der Waals surface area contributed by atoms with E-state index in [1.54, 1.807) is 34.6 Å². The van der Waals surface area contributed by atoms with Crippen molar-refractivity contribution in [3.63, 3.8) is 0 Å². The maximum atomic E-state index is 12.9. The van der Waals surface area contributed by atoms with Gasteiger partial charge < -0.3 is 19.3 Å². The smallest absolute Gasteiger partial charge is 0.274 e. The zero-order valence-corrected chi connectivity index (χ0v) is 15.8. The Kier molecular flexibility index (Phi) is 5.09. The quantitative estimate of drug-likeness (QED) is 0.467. The van der Waals surface area contributed by atoms with Crippen molar-refractivity contribution in [3.8, 4) is 11.5 Å². The molecule has 2 aromatic rings. The molecular weight excluding hydrogens is 374 g/mol. The summed E-state index contributed by atoms with van der Waals surface area (Å²) in [6, 6.07) is 12.6. The molecule has 2 aliphatic rings. The number of nitrogens with zero attached hydrogens (tertiary/aromatic N) is 2. The molecule has 2 amide bonds. The molecule has 0 radical (unpaired) electrons. The van der Waals surface area contributed by atoms with Crippen molar-refractivity contribution in [2.75, 3.05) is 37.9 Å². The molecule has 2 aromatic carbocycles. The number of para-hydroxylation sites is 1. The number of fused-ring (bicyclic) bond motifs is 1. The molecule has 8 heteroatoms. The van der Waals surface area contributed by atoms with E-state index in [0.717, 1.165) is 5.69 Å². The van der Waals surface area contributed by atoms with Gasteiger partial charge in [0.1, 0.15) is 0 Å². The van der Waals surface area contributed by atoms with Gasteiger partial charge in [0.25, 0.3) is 11.8 Å². The highest BCUT2D eigenvalue weighted by Gasteiger charge is 2.26. The lowest BCUT2D eigenvalue weighted by molar-refractivity contribution is -0.123. The van der Waals surface area contributed by atoms with E-state index in [0.29, 0.717) is 48.8 Å². The number of carbonyl (C=O) groups excluding carboxylic acids is 2. The van der Waals surface area contributed by atoms with Crippen molar-refractivity contribution < 1.29 is 24.3 Å². The maximum Gasteiger partial charge on any atom is 0.274 e. The number of hydrogen-bond donors (Lipinski definition) is 2. The Morgan fingerprint density at radius 3 is 2.48 bits per heavy atom. The van der Waals surface area contributed by atoms with Gasteiger partial charge in [-0.2, -0.15) is 0 Å². The summed E-state index contributed by atoms with van der Waals surface area (Å²) in [5, 5.41) is 8.90. The third kappa shape index (κ3) is 3.62. The third-order valence-corrected chi connectivity index (χ3v) is 5.13. The number of amides is 2. The SMILES string of the molecule is C=C(C(=O)NO)c1ccccc1N1CCN(C(=O)c2ccc3c(c2)OCO3)CC1. The van der Waals surface area contributed by atoms with Gasteiger partial charge >= 0.3 is 0 Å². The van der Waals surface area contributed by atoms with Crippen LogP contribution in [0.4, 0.5) is 5.69 Å². The molecule has 0 spiro atoms. The summed E-state index contributed by atoms with van der Waals surface area (Å²) in [6.07, 6.45) is 0. The van der Waals surface area contributed by atoms with Gasteiger partial charge in [-0.25, -0.2) is 5.48 Å². The van der Waals surface area contributed by atoms with Gasteiger partial charge in [0.2, 0.25) is 6.79 Å².